The summed E-state index contributed by atoms with van der Waals surface area (Å²) in [6.45, 7) is 0.0474. The first-order valence-electron chi connectivity index (χ1n) is 10.5. The number of ketones is 1. The first-order valence-corrected chi connectivity index (χ1v) is 10.5. The van der Waals surface area contributed by atoms with Crippen LogP contribution in [0.25, 0.3) is 11.0 Å². The van der Waals surface area contributed by atoms with Crippen molar-refractivity contribution in [3.63, 3.8) is 0 Å². The molecule has 8 nitrogen and oxygen atoms in total. The molecule has 5 rings (SSSR count). The monoisotopic (exact) mass is 459 g/mol. The molecule has 0 spiro atoms. The van der Waals surface area contributed by atoms with Crippen molar-refractivity contribution in [3.05, 3.63) is 95.3 Å². The lowest BCUT2D eigenvalue weighted by Crippen LogP contribution is -2.30. The molecule has 8 heteroatoms. The van der Waals surface area contributed by atoms with E-state index in [-0.39, 0.29) is 17.9 Å². The van der Waals surface area contributed by atoms with E-state index in [1.807, 2.05) is 12.1 Å². The number of fused-ring (bicyclic) bond motifs is 1. The number of nitrogens with zero attached hydrogens (tertiary/aromatic N) is 1. The third-order valence-electron chi connectivity index (χ3n) is 5.83. The third kappa shape index (κ3) is 3.49. The first-order chi connectivity index (χ1) is 16.5. The second-order valence-corrected chi connectivity index (χ2v) is 7.77. The summed E-state index contributed by atoms with van der Waals surface area (Å²) < 4.78 is 21.9. The topological polar surface area (TPSA) is 102 Å². The smallest absolute Gasteiger partial charge is 0.290 e. The molecule has 1 atom stereocenters. The highest BCUT2D eigenvalue weighted by Gasteiger charge is 2.45. The fourth-order valence-corrected chi connectivity index (χ4v) is 4.22. The van der Waals surface area contributed by atoms with Crippen molar-refractivity contribution < 1.29 is 33.0 Å². The van der Waals surface area contributed by atoms with Gasteiger partial charge in [0.15, 0.2) is 23.0 Å². The van der Waals surface area contributed by atoms with Crippen LogP contribution in [0.3, 0.4) is 0 Å². The van der Waals surface area contributed by atoms with Gasteiger partial charge in [-0.3, -0.25) is 9.59 Å². The van der Waals surface area contributed by atoms with Crippen LogP contribution in [0.5, 0.6) is 11.5 Å². The number of carbonyl (C=O) groups excluding carboxylic acids is 2. The molecule has 1 unspecified atom stereocenters. The largest absolute Gasteiger partial charge is 0.503 e. The van der Waals surface area contributed by atoms with E-state index in [2.05, 4.69) is 0 Å². The minimum atomic E-state index is -0.905. The highest BCUT2D eigenvalue weighted by atomic mass is 16.5. The fraction of sp³-hybridized carbons (Fsp3) is 0.154. The summed E-state index contributed by atoms with van der Waals surface area (Å²) in [5.74, 6) is -0.444. The van der Waals surface area contributed by atoms with Gasteiger partial charge in [0.25, 0.3) is 5.91 Å². The lowest BCUT2D eigenvalue weighted by atomic mass is 9.94. The maximum Gasteiger partial charge on any atom is 0.290 e. The summed E-state index contributed by atoms with van der Waals surface area (Å²) in [5, 5.41) is 11.6. The van der Waals surface area contributed by atoms with Crippen LogP contribution >= 0.6 is 0 Å². The standard InChI is InChI=1S/C26H21NO7/c1-31-19-10-9-16(13-20(19)32-2)23-22(24(28)21-12-15-6-3-4-8-18(15)34-21)25(29)26(30)27(23)14-17-7-5-11-33-17/h3-13,23,29H,14H2,1-2H3. The number of hydrogen-bond acceptors (Lipinski definition) is 7. The van der Waals surface area contributed by atoms with Crippen LogP contribution in [0.15, 0.2) is 87.1 Å². The van der Waals surface area contributed by atoms with Gasteiger partial charge in [-0.05, 0) is 42.0 Å². The lowest BCUT2D eigenvalue weighted by molar-refractivity contribution is -0.130. The average Bonchev–Trinajstić information content (AvgIpc) is 3.58. The molecule has 0 radical (unpaired) electrons. The van der Waals surface area contributed by atoms with Crippen LogP contribution in [0.4, 0.5) is 0 Å². The number of aliphatic hydroxyl groups is 1. The Kier molecular flexibility index (Phi) is 5.33. The molecule has 1 amide bonds. The molecular weight excluding hydrogens is 438 g/mol. The van der Waals surface area contributed by atoms with Crippen LogP contribution in [0.2, 0.25) is 0 Å². The summed E-state index contributed by atoms with van der Waals surface area (Å²) in [4.78, 5) is 28.1. The normalized spacial score (nSPS) is 15.9. The Hall–Kier alpha value is -4.46. The van der Waals surface area contributed by atoms with E-state index in [1.54, 1.807) is 48.5 Å². The van der Waals surface area contributed by atoms with Gasteiger partial charge in [0, 0.05) is 5.39 Å². The van der Waals surface area contributed by atoms with Crippen LogP contribution < -0.4 is 9.47 Å². The molecule has 0 bridgehead atoms. The quantitative estimate of drug-likeness (QED) is 0.395. The second kappa shape index (κ2) is 8.47. The molecular formula is C26H21NO7. The van der Waals surface area contributed by atoms with Gasteiger partial charge < -0.3 is 28.3 Å². The molecule has 0 saturated heterocycles. The molecule has 2 aromatic heterocycles. The number of aliphatic hydroxyl groups excluding tert-OH is 1. The van der Waals surface area contributed by atoms with Gasteiger partial charge in [0.05, 0.1) is 38.6 Å². The number of rotatable bonds is 7. The summed E-state index contributed by atoms with van der Waals surface area (Å²) in [6, 6.07) is 16.4. The lowest BCUT2D eigenvalue weighted by Gasteiger charge is -2.26. The molecule has 2 aromatic carbocycles. The highest BCUT2D eigenvalue weighted by molar-refractivity contribution is 6.16. The van der Waals surface area contributed by atoms with Crippen molar-refractivity contribution in [1.82, 2.24) is 4.90 Å². The zero-order valence-corrected chi connectivity index (χ0v) is 18.5. The summed E-state index contributed by atoms with van der Waals surface area (Å²) in [7, 11) is 3.01. The Morgan fingerprint density at radius 1 is 1.03 bits per heavy atom. The van der Waals surface area contributed by atoms with Gasteiger partial charge in [0.2, 0.25) is 5.78 Å². The minimum absolute atomic E-state index is 0.0286. The van der Waals surface area contributed by atoms with Gasteiger partial charge in [-0.25, -0.2) is 0 Å². The molecule has 1 N–H and O–H groups in total. The Morgan fingerprint density at radius 2 is 1.82 bits per heavy atom. The van der Waals surface area contributed by atoms with Gasteiger partial charge in [-0.2, -0.15) is 0 Å². The molecule has 4 aromatic rings. The van der Waals surface area contributed by atoms with E-state index in [9.17, 15) is 14.7 Å². The minimum Gasteiger partial charge on any atom is -0.503 e. The van der Waals surface area contributed by atoms with E-state index in [4.69, 9.17) is 18.3 Å². The zero-order valence-electron chi connectivity index (χ0n) is 18.5. The number of benzene rings is 2. The second-order valence-electron chi connectivity index (χ2n) is 7.77. The van der Waals surface area contributed by atoms with Gasteiger partial charge in [0.1, 0.15) is 11.3 Å². The molecule has 1 aliphatic heterocycles. The molecule has 0 fully saturated rings. The van der Waals surface area contributed by atoms with Crippen LogP contribution in [0.1, 0.15) is 27.9 Å². The number of amides is 1. The van der Waals surface area contributed by atoms with Crippen LogP contribution in [-0.2, 0) is 11.3 Å². The van der Waals surface area contributed by atoms with E-state index >= 15 is 0 Å². The third-order valence-corrected chi connectivity index (χ3v) is 5.83. The fourth-order valence-electron chi connectivity index (χ4n) is 4.22. The number of para-hydroxylation sites is 1. The van der Waals surface area contributed by atoms with Crippen molar-refractivity contribution in [1.29, 1.82) is 0 Å². The molecule has 34 heavy (non-hydrogen) atoms. The van der Waals surface area contributed by atoms with E-state index in [0.717, 1.165) is 5.39 Å². The van der Waals surface area contributed by atoms with Crippen molar-refractivity contribution in [2.75, 3.05) is 14.2 Å². The molecule has 0 saturated carbocycles. The average molecular weight is 459 g/mol. The number of ether oxygens (including phenoxy) is 2. The highest BCUT2D eigenvalue weighted by Crippen LogP contribution is 2.42. The summed E-state index contributed by atoms with van der Waals surface area (Å²) in [6.07, 6.45) is 1.50. The maximum absolute atomic E-state index is 13.6. The number of carbonyl (C=O) groups is 2. The molecule has 0 aliphatic carbocycles. The Morgan fingerprint density at radius 3 is 2.53 bits per heavy atom. The predicted molar refractivity (Wildman–Crippen MR) is 122 cm³/mol. The summed E-state index contributed by atoms with van der Waals surface area (Å²) in [5.41, 5.74) is 1.01. The number of furan rings is 2. The van der Waals surface area contributed by atoms with Crippen LogP contribution in [0, 0.1) is 0 Å². The van der Waals surface area contributed by atoms with E-state index in [1.165, 1.54) is 25.4 Å². The predicted octanol–water partition coefficient (Wildman–Crippen LogP) is 4.82. The maximum atomic E-state index is 13.6. The van der Waals surface area contributed by atoms with Crippen molar-refractivity contribution in [3.8, 4) is 11.5 Å². The first kappa shape index (κ1) is 21.4. The van der Waals surface area contributed by atoms with Crippen molar-refractivity contribution in [2.45, 2.75) is 12.6 Å². The molecule has 172 valence electrons. The number of hydrogen-bond donors (Lipinski definition) is 1. The zero-order chi connectivity index (χ0) is 23.8. The summed E-state index contributed by atoms with van der Waals surface area (Å²) >= 11 is 0. The Bertz CT molecular complexity index is 1380. The van der Waals surface area contributed by atoms with Crippen molar-refractivity contribution in [2.24, 2.45) is 0 Å². The van der Waals surface area contributed by atoms with Crippen molar-refractivity contribution >= 4 is 22.7 Å². The molecule has 3 heterocycles. The van der Waals surface area contributed by atoms with Gasteiger partial charge >= 0.3 is 0 Å². The van der Waals surface area contributed by atoms with Gasteiger partial charge in [-0.1, -0.05) is 24.3 Å². The van der Waals surface area contributed by atoms with Crippen LogP contribution in [-0.4, -0.2) is 35.9 Å². The number of Topliss-reactive ketones (excluding diaryl/α,β-unsaturated/α-hetero) is 1. The molecule has 1 aliphatic rings. The van der Waals surface area contributed by atoms with E-state index in [0.29, 0.717) is 28.4 Å². The Balaban J connectivity index is 1.63. The van der Waals surface area contributed by atoms with E-state index < -0.39 is 23.5 Å². The Labute approximate surface area is 194 Å². The number of methoxy groups -OCH3 is 2. The van der Waals surface area contributed by atoms with Gasteiger partial charge in [-0.15, -0.1) is 0 Å². The SMILES string of the molecule is COc1ccc(C2C(C(=O)c3cc4ccccc4o3)=C(O)C(=O)N2Cc2ccco2)cc1OC.